The number of halogens is 6. The number of alkyl halides is 6. The molecular formula is C22H14F6N4O. The van der Waals surface area contributed by atoms with Crippen LogP contribution < -0.4 is 5.32 Å². The van der Waals surface area contributed by atoms with E-state index in [1.165, 1.54) is 18.5 Å². The number of imidazole rings is 1. The highest BCUT2D eigenvalue weighted by molar-refractivity contribution is 5.94. The minimum atomic E-state index is -4.80. The molecule has 0 saturated carbocycles. The molecule has 5 nitrogen and oxygen atoms in total. The summed E-state index contributed by atoms with van der Waals surface area (Å²) in [5.41, 5.74) is -1.96. The Morgan fingerprint density at radius 3 is 2.27 bits per heavy atom. The predicted molar refractivity (Wildman–Crippen MR) is 105 cm³/mol. The molecule has 0 aliphatic carbocycles. The van der Waals surface area contributed by atoms with Crippen molar-refractivity contribution in [1.29, 1.82) is 0 Å². The highest BCUT2D eigenvalue weighted by Gasteiger charge is 2.37. The Balaban J connectivity index is 1.77. The molecule has 0 aliphatic heterocycles. The largest absolute Gasteiger partial charge is 0.418 e. The number of nitrogens with one attached hydrogen (secondary N) is 1. The van der Waals surface area contributed by atoms with Crippen molar-refractivity contribution in [3.05, 3.63) is 101 Å². The SMILES string of the molecule is O=C(NC(c1ccc(C(F)(F)F)cc1)c1ncccc1C(F)(F)F)c1ccc2nccn2c1. The van der Waals surface area contributed by atoms with Gasteiger partial charge in [0, 0.05) is 24.8 Å². The first-order valence-corrected chi connectivity index (χ1v) is 9.47. The van der Waals surface area contributed by atoms with Crippen molar-refractivity contribution in [2.45, 2.75) is 18.4 Å². The van der Waals surface area contributed by atoms with Gasteiger partial charge in [0.05, 0.1) is 28.4 Å². The van der Waals surface area contributed by atoms with E-state index in [-0.39, 0.29) is 11.1 Å². The lowest BCUT2D eigenvalue weighted by molar-refractivity contribution is -0.139. The molecule has 0 spiro atoms. The Bertz CT molecular complexity index is 1290. The quantitative estimate of drug-likeness (QED) is 0.418. The van der Waals surface area contributed by atoms with Crippen LogP contribution in [0.4, 0.5) is 26.3 Å². The molecule has 3 heterocycles. The average Bonchev–Trinajstić information content (AvgIpc) is 3.24. The fraction of sp³-hybridized carbons (Fsp3) is 0.136. The van der Waals surface area contributed by atoms with Crippen LogP contribution in [0.5, 0.6) is 0 Å². The van der Waals surface area contributed by atoms with Gasteiger partial charge in [0.2, 0.25) is 0 Å². The summed E-state index contributed by atoms with van der Waals surface area (Å²) in [7, 11) is 0. The summed E-state index contributed by atoms with van der Waals surface area (Å²) in [6.07, 6.45) is -3.78. The third-order valence-electron chi connectivity index (χ3n) is 4.92. The van der Waals surface area contributed by atoms with Crippen molar-refractivity contribution in [3.63, 3.8) is 0 Å². The zero-order valence-electron chi connectivity index (χ0n) is 16.5. The fourth-order valence-electron chi connectivity index (χ4n) is 3.33. The lowest BCUT2D eigenvalue weighted by Crippen LogP contribution is -2.32. The summed E-state index contributed by atoms with van der Waals surface area (Å²) in [6, 6.07) is 6.91. The van der Waals surface area contributed by atoms with Crippen LogP contribution in [0.2, 0.25) is 0 Å². The van der Waals surface area contributed by atoms with Crippen LogP contribution in [0, 0.1) is 0 Å². The number of amides is 1. The fourth-order valence-corrected chi connectivity index (χ4v) is 3.33. The summed E-state index contributed by atoms with van der Waals surface area (Å²) in [4.78, 5) is 20.8. The normalized spacial score (nSPS) is 13.2. The summed E-state index contributed by atoms with van der Waals surface area (Å²) in [5, 5.41) is 2.48. The van der Waals surface area contributed by atoms with Crippen LogP contribution in [-0.4, -0.2) is 20.3 Å². The lowest BCUT2D eigenvalue weighted by Gasteiger charge is -2.23. The number of fused-ring (bicyclic) bond motifs is 1. The zero-order valence-corrected chi connectivity index (χ0v) is 16.5. The molecule has 0 aliphatic rings. The number of rotatable bonds is 4. The van der Waals surface area contributed by atoms with E-state index in [0.717, 1.165) is 42.6 Å². The van der Waals surface area contributed by atoms with Gasteiger partial charge in [-0.1, -0.05) is 12.1 Å². The number of aromatic nitrogens is 3. The summed E-state index contributed by atoms with van der Waals surface area (Å²) in [6.45, 7) is 0. The van der Waals surface area contributed by atoms with Gasteiger partial charge in [-0.15, -0.1) is 0 Å². The summed E-state index contributed by atoms with van der Waals surface area (Å²) >= 11 is 0. The van der Waals surface area contributed by atoms with E-state index in [1.54, 1.807) is 16.7 Å². The third kappa shape index (κ3) is 4.66. The van der Waals surface area contributed by atoms with Crippen LogP contribution in [0.3, 0.4) is 0 Å². The molecule has 0 fully saturated rings. The van der Waals surface area contributed by atoms with Crippen molar-refractivity contribution >= 4 is 11.6 Å². The van der Waals surface area contributed by atoms with Gasteiger partial charge in [-0.2, -0.15) is 26.3 Å². The number of benzene rings is 1. The molecule has 0 saturated heterocycles. The number of hydrogen-bond acceptors (Lipinski definition) is 3. The Kier molecular flexibility index (Phi) is 5.56. The number of pyridine rings is 2. The maximum Gasteiger partial charge on any atom is 0.418 e. The first-order valence-electron chi connectivity index (χ1n) is 9.47. The van der Waals surface area contributed by atoms with Crippen molar-refractivity contribution in [1.82, 2.24) is 19.7 Å². The highest BCUT2D eigenvalue weighted by atomic mass is 19.4. The summed E-state index contributed by atoms with van der Waals surface area (Å²) < 4.78 is 81.3. The molecular weight excluding hydrogens is 450 g/mol. The number of nitrogens with zero attached hydrogens (tertiary/aromatic N) is 3. The molecule has 1 unspecified atom stereocenters. The van der Waals surface area contributed by atoms with Crippen LogP contribution in [0.15, 0.2) is 73.3 Å². The Morgan fingerprint density at radius 1 is 0.879 bits per heavy atom. The number of hydrogen-bond donors (Lipinski definition) is 1. The molecule has 33 heavy (non-hydrogen) atoms. The lowest BCUT2D eigenvalue weighted by atomic mass is 9.97. The monoisotopic (exact) mass is 464 g/mol. The second-order valence-electron chi connectivity index (χ2n) is 7.07. The summed E-state index contributed by atoms with van der Waals surface area (Å²) in [5.74, 6) is -0.741. The number of carbonyl (C=O) groups is 1. The first-order chi connectivity index (χ1) is 15.5. The van der Waals surface area contributed by atoms with Gasteiger partial charge in [0.25, 0.3) is 5.91 Å². The standard InChI is InChI=1S/C22H14F6N4O/c23-21(24,25)15-6-3-13(4-7-15)18(19-16(22(26,27)28)2-1-9-30-19)31-20(33)14-5-8-17-29-10-11-32(17)12-14/h1-12,18H,(H,31,33). The van der Waals surface area contributed by atoms with Gasteiger partial charge in [0.1, 0.15) is 5.65 Å². The van der Waals surface area contributed by atoms with Gasteiger partial charge in [-0.05, 0) is 42.0 Å². The van der Waals surface area contributed by atoms with E-state index in [4.69, 9.17) is 0 Å². The topological polar surface area (TPSA) is 59.3 Å². The number of carbonyl (C=O) groups excluding carboxylic acids is 1. The van der Waals surface area contributed by atoms with Crippen LogP contribution >= 0.6 is 0 Å². The molecule has 1 aromatic carbocycles. The van der Waals surface area contributed by atoms with Crippen molar-refractivity contribution < 1.29 is 31.1 Å². The molecule has 1 amide bonds. The smallest absolute Gasteiger partial charge is 0.339 e. The van der Waals surface area contributed by atoms with Gasteiger partial charge in [-0.3, -0.25) is 9.78 Å². The van der Waals surface area contributed by atoms with Gasteiger partial charge < -0.3 is 9.72 Å². The molecule has 11 heteroatoms. The van der Waals surface area contributed by atoms with Crippen molar-refractivity contribution in [3.8, 4) is 0 Å². The van der Waals surface area contributed by atoms with Gasteiger partial charge >= 0.3 is 12.4 Å². The minimum absolute atomic E-state index is 0.00394. The molecule has 1 N–H and O–H groups in total. The third-order valence-corrected chi connectivity index (χ3v) is 4.92. The molecule has 3 aromatic heterocycles. The van der Waals surface area contributed by atoms with E-state index in [2.05, 4.69) is 15.3 Å². The maximum absolute atomic E-state index is 13.6. The van der Waals surface area contributed by atoms with E-state index >= 15 is 0 Å². The molecule has 1 atom stereocenters. The average molecular weight is 464 g/mol. The zero-order chi connectivity index (χ0) is 23.8. The Morgan fingerprint density at radius 2 is 1.61 bits per heavy atom. The second kappa shape index (κ2) is 8.23. The molecule has 0 bridgehead atoms. The van der Waals surface area contributed by atoms with E-state index in [1.807, 2.05) is 0 Å². The highest BCUT2D eigenvalue weighted by Crippen LogP contribution is 2.36. The van der Waals surface area contributed by atoms with E-state index < -0.39 is 41.1 Å². The minimum Gasteiger partial charge on any atom is -0.339 e. The van der Waals surface area contributed by atoms with Crippen molar-refractivity contribution in [2.75, 3.05) is 0 Å². The Labute approximate surface area is 182 Å². The van der Waals surface area contributed by atoms with Gasteiger partial charge in [0.15, 0.2) is 0 Å². The molecule has 4 rings (SSSR count). The van der Waals surface area contributed by atoms with Crippen LogP contribution in [0.25, 0.3) is 5.65 Å². The molecule has 4 aromatic rings. The Hall–Kier alpha value is -3.89. The van der Waals surface area contributed by atoms with E-state index in [9.17, 15) is 31.1 Å². The van der Waals surface area contributed by atoms with Crippen molar-refractivity contribution in [2.24, 2.45) is 0 Å². The van der Waals surface area contributed by atoms with E-state index in [0.29, 0.717) is 5.65 Å². The first kappa shape index (κ1) is 22.3. The van der Waals surface area contributed by atoms with Crippen LogP contribution in [0.1, 0.15) is 38.8 Å². The molecule has 0 radical (unpaired) electrons. The maximum atomic E-state index is 13.6. The molecule has 170 valence electrons. The van der Waals surface area contributed by atoms with Gasteiger partial charge in [-0.25, -0.2) is 4.98 Å². The predicted octanol–water partition coefficient (Wildman–Crippen LogP) is 5.29. The second-order valence-corrected chi connectivity index (χ2v) is 7.07. The van der Waals surface area contributed by atoms with Crippen LogP contribution in [-0.2, 0) is 12.4 Å².